The lowest BCUT2D eigenvalue weighted by Gasteiger charge is -2.04. The Morgan fingerprint density at radius 3 is 2.95 bits per heavy atom. The van der Waals surface area contributed by atoms with E-state index in [0.29, 0.717) is 17.8 Å². The Labute approximate surface area is 121 Å². The minimum atomic E-state index is -0.147. The number of carbonyl (C=O) groups excluding carboxylic acids is 1. The zero-order valence-corrected chi connectivity index (χ0v) is 11.9. The molecule has 6 nitrogen and oxygen atoms in total. The lowest BCUT2D eigenvalue weighted by atomic mass is 10.1. The van der Waals surface area contributed by atoms with Crippen molar-refractivity contribution in [2.45, 2.75) is 20.4 Å². The SMILES string of the molecule is Cc1noc(C)c1CNC(=O)c1c[nH]c2cc(N)ccc12. The molecule has 0 saturated heterocycles. The van der Waals surface area contributed by atoms with Crippen LogP contribution in [0.3, 0.4) is 0 Å². The number of aryl methyl sites for hydroxylation is 2. The number of benzene rings is 1. The number of rotatable bonds is 3. The number of fused-ring (bicyclic) bond motifs is 1. The largest absolute Gasteiger partial charge is 0.399 e. The predicted octanol–water partition coefficient (Wildman–Crippen LogP) is 2.28. The van der Waals surface area contributed by atoms with Gasteiger partial charge in [-0.15, -0.1) is 0 Å². The first-order valence-electron chi connectivity index (χ1n) is 6.63. The summed E-state index contributed by atoms with van der Waals surface area (Å²) in [5.41, 5.74) is 9.53. The highest BCUT2D eigenvalue weighted by atomic mass is 16.5. The zero-order valence-electron chi connectivity index (χ0n) is 11.9. The van der Waals surface area contributed by atoms with Crippen molar-refractivity contribution in [3.8, 4) is 0 Å². The van der Waals surface area contributed by atoms with E-state index in [1.807, 2.05) is 19.9 Å². The monoisotopic (exact) mass is 284 g/mol. The molecule has 0 radical (unpaired) electrons. The number of nitrogens with one attached hydrogen (secondary N) is 2. The van der Waals surface area contributed by atoms with Gasteiger partial charge in [-0.2, -0.15) is 0 Å². The molecule has 0 atom stereocenters. The van der Waals surface area contributed by atoms with Crippen molar-refractivity contribution in [1.29, 1.82) is 0 Å². The summed E-state index contributed by atoms with van der Waals surface area (Å²) in [5, 5.41) is 7.60. The highest BCUT2D eigenvalue weighted by molar-refractivity contribution is 6.07. The quantitative estimate of drug-likeness (QED) is 0.643. The van der Waals surface area contributed by atoms with Gasteiger partial charge in [0.1, 0.15) is 5.76 Å². The molecule has 108 valence electrons. The summed E-state index contributed by atoms with van der Waals surface area (Å²) in [6, 6.07) is 5.42. The van der Waals surface area contributed by atoms with E-state index >= 15 is 0 Å². The molecule has 4 N–H and O–H groups in total. The van der Waals surface area contributed by atoms with Gasteiger partial charge in [-0.25, -0.2) is 0 Å². The van der Waals surface area contributed by atoms with Crippen LogP contribution in [0.2, 0.25) is 0 Å². The molecule has 0 fully saturated rings. The van der Waals surface area contributed by atoms with Crippen LogP contribution in [0.1, 0.15) is 27.4 Å². The second-order valence-electron chi connectivity index (χ2n) is 4.99. The van der Waals surface area contributed by atoms with E-state index in [-0.39, 0.29) is 5.91 Å². The first kappa shape index (κ1) is 13.2. The predicted molar refractivity (Wildman–Crippen MR) is 79.9 cm³/mol. The molecule has 0 aliphatic rings. The van der Waals surface area contributed by atoms with Crippen molar-refractivity contribution < 1.29 is 9.32 Å². The average molecular weight is 284 g/mol. The Hall–Kier alpha value is -2.76. The van der Waals surface area contributed by atoms with Crippen LogP contribution in [0.15, 0.2) is 28.9 Å². The van der Waals surface area contributed by atoms with Gasteiger partial charge in [0.15, 0.2) is 0 Å². The summed E-state index contributed by atoms with van der Waals surface area (Å²) in [4.78, 5) is 15.4. The third kappa shape index (κ3) is 2.35. The number of nitrogens with two attached hydrogens (primary N) is 1. The summed E-state index contributed by atoms with van der Waals surface area (Å²) >= 11 is 0. The van der Waals surface area contributed by atoms with Gasteiger partial charge in [0.25, 0.3) is 5.91 Å². The Bertz CT molecular complexity index is 797. The van der Waals surface area contributed by atoms with Gasteiger partial charge in [0.2, 0.25) is 0 Å². The third-order valence-corrected chi connectivity index (χ3v) is 3.56. The lowest BCUT2D eigenvalue weighted by molar-refractivity contribution is 0.0952. The smallest absolute Gasteiger partial charge is 0.253 e. The van der Waals surface area contributed by atoms with Crippen LogP contribution in [-0.2, 0) is 6.54 Å². The van der Waals surface area contributed by atoms with Crippen molar-refractivity contribution >= 4 is 22.5 Å². The fraction of sp³-hybridized carbons (Fsp3) is 0.200. The summed E-state index contributed by atoms with van der Waals surface area (Å²) in [6.45, 7) is 4.07. The first-order chi connectivity index (χ1) is 10.1. The molecule has 0 aliphatic carbocycles. The Balaban J connectivity index is 1.81. The summed E-state index contributed by atoms with van der Waals surface area (Å²) < 4.78 is 5.08. The molecule has 2 aromatic heterocycles. The number of nitrogens with zero attached hydrogens (tertiary/aromatic N) is 1. The van der Waals surface area contributed by atoms with Crippen LogP contribution >= 0.6 is 0 Å². The van der Waals surface area contributed by atoms with E-state index in [0.717, 1.165) is 27.9 Å². The van der Waals surface area contributed by atoms with Crippen LogP contribution in [0, 0.1) is 13.8 Å². The van der Waals surface area contributed by atoms with Gasteiger partial charge < -0.3 is 20.6 Å². The molecular formula is C15H16N4O2. The number of carbonyl (C=O) groups is 1. The number of hydrogen-bond acceptors (Lipinski definition) is 4. The molecule has 6 heteroatoms. The minimum Gasteiger partial charge on any atom is -0.399 e. The topological polar surface area (TPSA) is 96.9 Å². The van der Waals surface area contributed by atoms with E-state index in [1.54, 1.807) is 18.3 Å². The molecule has 1 aromatic carbocycles. The van der Waals surface area contributed by atoms with Crippen molar-refractivity contribution in [3.05, 3.63) is 47.0 Å². The summed E-state index contributed by atoms with van der Waals surface area (Å²) in [6.07, 6.45) is 1.69. The van der Waals surface area contributed by atoms with Gasteiger partial charge >= 0.3 is 0 Å². The fourth-order valence-electron chi connectivity index (χ4n) is 2.35. The standard InChI is InChI=1S/C15H16N4O2/c1-8-12(9(2)21-19-8)6-18-15(20)13-7-17-14-5-10(16)3-4-11(13)14/h3-5,7,17H,6,16H2,1-2H3,(H,18,20). The summed E-state index contributed by atoms with van der Waals surface area (Å²) in [5.74, 6) is 0.575. The maximum absolute atomic E-state index is 12.3. The Kier molecular flexibility index (Phi) is 3.13. The highest BCUT2D eigenvalue weighted by Gasteiger charge is 2.14. The molecule has 0 spiro atoms. The van der Waals surface area contributed by atoms with Crippen molar-refractivity contribution in [1.82, 2.24) is 15.5 Å². The number of anilines is 1. The number of hydrogen-bond donors (Lipinski definition) is 3. The zero-order chi connectivity index (χ0) is 15.0. The highest BCUT2D eigenvalue weighted by Crippen LogP contribution is 2.21. The van der Waals surface area contributed by atoms with E-state index < -0.39 is 0 Å². The second-order valence-corrected chi connectivity index (χ2v) is 4.99. The number of amides is 1. The Morgan fingerprint density at radius 1 is 1.43 bits per heavy atom. The normalized spacial score (nSPS) is 11.0. The third-order valence-electron chi connectivity index (χ3n) is 3.56. The maximum Gasteiger partial charge on any atom is 0.253 e. The van der Waals surface area contributed by atoms with E-state index in [2.05, 4.69) is 15.5 Å². The van der Waals surface area contributed by atoms with Crippen molar-refractivity contribution in [2.75, 3.05) is 5.73 Å². The molecule has 2 heterocycles. The van der Waals surface area contributed by atoms with Gasteiger partial charge in [-0.1, -0.05) is 5.16 Å². The van der Waals surface area contributed by atoms with E-state index in [9.17, 15) is 4.79 Å². The number of aromatic nitrogens is 2. The minimum absolute atomic E-state index is 0.147. The molecule has 1 amide bonds. The van der Waals surface area contributed by atoms with Crippen LogP contribution in [-0.4, -0.2) is 16.0 Å². The number of nitrogen functional groups attached to an aromatic ring is 1. The van der Waals surface area contributed by atoms with Crippen molar-refractivity contribution in [2.24, 2.45) is 0 Å². The fourth-order valence-corrected chi connectivity index (χ4v) is 2.35. The molecule has 0 unspecified atom stereocenters. The number of H-pyrrole nitrogens is 1. The average Bonchev–Trinajstić information content (AvgIpc) is 3.00. The second kappa shape index (κ2) is 4.97. The maximum atomic E-state index is 12.3. The molecule has 0 aliphatic heterocycles. The lowest BCUT2D eigenvalue weighted by Crippen LogP contribution is -2.23. The van der Waals surface area contributed by atoms with E-state index in [1.165, 1.54) is 0 Å². The van der Waals surface area contributed by atoms with Gasteiger partial charge in [0.05, 0.1) is 11.3 Å². The summed E-state index contributed by atoms with van der Waals surface area (Å²) in [7, 11) is 0. The van der Waals surface area contributed by atoms with Crippen LogP contribution in [0.25, 0.3) is 10.9 Å². The van der Waals surface area contributed by atoms with Gasteiger partial charge in [-0.3, -0.25) is 4.79 Å². The molecule has 3 aromatic rings. The molecular weight excluding hydrogens is 268 g/mol. The number of aromatic amines is 1. The van der Waals surface area contributed by atoms with Gasteiger partial charge in [-0.05, 0) is 32.0 Å². The first-order valence-corrected chi connectivity index (χ1v) is 6.63. The Morgan fingerprint density at radius 2 is 2.24 bits per heavy atom. The molecule has 0 saturated carbocycles. The van der Waals surface area contributed by atoms with Gasteiger partial charge in [0, 0.05) is 34.9 Å². The van der Waals surface area contributed by atoms with Crippen molar-refractivity contribution in [3.63, 3.8) is 0 Å². The molecule has 3 rings (SSSR count). The van der Waals surface area contributed by atoms with Crippen LogP contribution in [0.4, 0.5) is 5.69 Å². The van der Waals surface area contributed by atoms with Crippen LogP contribution < -0.4 is 11.1 Å². The van der Waals surface area contributed by atoms with E-state index in [4.69, 9.17) is 10.3 Å². The molecule has 21 heavy (non-hydrogen) atoms. The molecule has 0 bridgehead atoms. The van der Waals surface area contributed by atoms with Crippen LogP contribution in [0.5, 0.6) is 0 Å².